The van der Waals surface area contributed by atoms with E-state index in [-0.39, 0.29) is 18.6 Å². The van der Waals surface area contributed by atoms with Crippen molar-refractivity contribution in [2.75, 3.05) is 24.7 Å². The smallest absolute Gasteiger partial charge is 0.253 e. The predicted octanol–water partition coefficient (Wildman–Crippen LogP) is 1.93. The minimum atomic E-state index is -0.0458. The fourth-order valence-electron chi connectivity index (χ4n) is 1.86. The molecule has 2 heterocycles. The van der Waals surface area contributed by atoms with Gasteiger partial charge >= 0.3 is 0 Å². The lowest BCUT2D eigenvalue weighted by molar-refractivity contribution is -0.125. The third-order valence-corrected chi connectivity index (χ3v) is 3.19. The number of hydrogen-bond donors (Lipinski definition) is 0. The van der Waals surface area contributed by atoms with E-state index in [9.17, 15) is 4.79 Å². The van der Waals surface area contributed by atoms with E-state index in [0.717, 1.165) is 17.8 Å². The average Bonchev–Trinajstić information content (AvgIpc) is 2.43. The molecule has 1 amide bonds. The quantitative estimate of drug-likeness (QED) is 0.834. The van der Waals surface area contributed by atoms with Gasteiger partial charge in [-0.2, -0.15) is 0 Å². The Balaban J connectivity index is 2.08. The standard InChI is InChI=1S/C14H20N2O3/c1-4-11(3)19-9-13(17)16-7-8-18-14-12(16)6-5-10(2)15-14/h5-6,11H,4,7-9H2,1-3H3/t11-/m1/s1. The van der Waals surface area contributed by atoms with Gasteiger partial charge in [0.25, 0.3) is 5.91 Å². The van der Waals surface area contributed by atoms with E-state index in [4.69, 9.17) is 9.47 Å². The molecule has 0 radical (unpaired) electrons. The summed E-state index contributed by atoms with van der Waals surface area (Å²) < 4.78 is 11.0. The summed E-state index contributed by atoms with van der Waals surface area (Å²) in [5, 5.41) is 0. The highest BCUT2D eigenvalue weighted by atomic mass is 16.5. The Morgan fingerprint density at radius 1 is 1.58 bits per heavy atom. The van der Waals surface area contributed by atoms with E-state index in [2.05, 4.69) is 4.98 Å². The van der Waals surface area contributed by atoms with E-state index in [1.807, 2.05) is 32.9 Å². The third-order valence-electron chi connectivity index (χ3n) is 3.19. The Morgan fingerprint density at radius 2 is 2.37 bits per heavy atom. The van der Waals surface area contributed by atoms with Crippen LogP contribution in [0.1, 0.15) is 26.0 Å². The normalized spacial score (nSPS) is 15.6. The van der Waals surface area contributed by atoms with E-state index in [1.54, 1.807) is 4.90 Å². The van der Waals surface area contributed by atoms with Gasteiger partial charge in [0.15, 0.2) is 0 Å². The molecule has 0 saturated heterocycles. The molecule has 0 aliphatic carbocycles. The van der Waals surface area contributed by atoms with Crippen molar-refractivity contribution >= 4 is 11.6 Å². The maximum absolute atomic E-state index is 12.2. The molecule has 1 atom stereocenters. The Bertz CT molecular complexity index is 462. The van der Waals surface area contributed by atoms with Crippen LogP contribution in [-0.2, 0) is 9.53 Å². The van der Waals surface area contributed by atoms with Crippen molar-refractivity contribution in [3.8, 4) is 5.88 Å². The van der Waals surface area contributed by atoms with Crippen molar-refractivity contribution in [1.29, 1.82) is 0 Å². The molecule has 2 rings (SSSR count). The molecule has 0 spiro atoms. The van der Waals surface area contributed by atoms with Crippen molar-refractivity contribution in [3.05, 3.63) is 17.8 Å². The number of anilines is 1. The molecule has 104 valence electrons. The Kier molecular flexibility index (Phi) is 4.37. The first-order valence-corrected chi connectivity index (χ1v) is 6.64. The number of amides is 1. The maximum atomic E-state index is 12.2. The molecule has 1 aliphatic rings. The van der Waals surface area contributed by atoms with Crippen LogP contribution >= 0.6 is 0 Å². The van der Waals surface area contributed by atoms with E-state index < -0.39 is 0 Å². The van der Waals surface area contributed by atoms with Crippen LogP contribution in [0.15, 0.2) is 12.1 Å². The zero-order valence-electron chi connectivity index (χ0n) is 11.7. The molecular weight excluding hydrogens is 244 g/mol. The molecule has 5 heteroatoms. The first kappa shape index (κ1) is 13.8. The summed E-state index contributed by atoms with van der Waals surface area (Å²) in [6, 6.07) is 3.75. The first-order chi connectivity index (χ1) is 9.11. The topological polar surface area (TPSA) is 51.7 Å². The number of pyridine rings is 1. The third kappa shape index (κ3) is 3.23. The van der Waals surface area contributed by atoms with Crippen LogP contribution < -0.4 is 9.64 Å². The monoisotopic (exact) mass is 264 g/mol. The van der Waals surface area contributed by atoms with Gasteiger partial charge in [0.2, 0.25) is 5.88 Å². The molecular formula is C14H20N2O3. The predicted molar refractivity (Wildman–Crippen MR) is 72.5 cm³/mol. The lowest BCUT2D eigenvalue weighted by Gasteiger charge is -2.29. The summed E-state index contributed by atoms with van der Waals surface area (Å²) in [6.07, 6.45) is 0.994. The van der Waals surface area contributed by atoms with Gasteiger partial charge in [-0.1, -0.05) is 6.92 Å². The molecule has 19 heavy (non-hydrogen) atoms. The van der Waals surface area contributed by atoms with Crippen molar-refractivity contribution < 1.29 is 14.3 Å². The van der Waals surface area contributed by atoms with Crippen LogP contribution in [0.5, 0.6) is 5.88 Å². The number of aryl methyl sites for hydroxylation is 1. The lowest BCUT2D eigenvalue weighted by Crippen LogP contribution is -2.40. The number of ether oxygens (including phenoxy) is 2. The van der Waals surface area contributed by atoms with Crippen LogP contribution in [0.25, 0.3) is 0 Å². The summed E-state index contributed by atoms with van der Waals surface area (Å²) in [5.41, 5.74) is 1.61. The Morgan fingerprint density at radius 3 is 3.11 bits per heavy atom. The van der Waals surface area contributed by atoms with Crippen molar-refractivity contribution in [3.63, 3.8) is 0 Å². The summed E-state index contributed by atoms with van der Waals surface area (Å²) in [5.74, 6) is 0.485. The average molecular weight is 264 g/mol. The lowest BCUT2D eigenvalue weighted by atomic mass is 10.2. The fraction of sp³-hybridized carbons (Fsp3) is 0.571. The second-order valence-corrected chi connectivity index (χ2v) is 4.70. The fourth-order valence-corrected chi connectivity index (χ4v) is 1.86. The van der Waals surface area contributed by atoms with Gasteiger partial charge < -0.3 is 14.4 Å². The molecule has 5 nitrogen and oxygen atoms in total. The van der Waals surface area contributed by atoms with E-state index in [1.165, 1.54) is 0 Å². The number of carbonyl (C=O) groups excluding carboxylic acids is 1. The van der Waals surface area contributed by atoms with Gasteiger partial charge in [0, 0.05) is 5.69 Å². The number of hydrogen-bond acceptors (Lipinski definition) is 4. The Labute approximate surface area is 113 Å². The number of rotatable bonds is 4. The van der Waals surface area contributed by atoms with E-state index in [0.29, 0.717) is 19.0 Å². The first-order valence-electron chi connectivity index (χ1n) is 6.64. The van der Waals surface area contributed by atoms with Crippen molar-refractivity contribution in [2.24, 2.45) is 0 Å². The molecule has 0 fully saturated rings. The van der Waals surface area contributed by atoms with Crippen molar-refractivity contribution in [1.82, 2.24) is 4.98 Å². The second-order valence-electron chi connectivity index (χ2n) is 4.70. The van der Waals surface area contributed by atoms with Gasteiger partial charge in [0.1, 0.15) is 18.9 Å². The van der Waals surface area contributed by atoms with Crippen LogP contribution in [0, 0.1) is 6.92 Å². The molecule has 1 aromatic rings. The molecule has 0 bridgehead atoms. The number of aromatic nitrogens is 1. The number of fused-ring (bicyclic) bond motifs is 1. The Hall–Kier alpha value is -1.62. The van der Waals surface area contributed by atoms with Gasteiger partial charge in [-0.3, -0.25) is 4.79 Å². The van der Waals surface area contributed by atoms with Gasteiger partial charge in [0.05, 0.1) is 12.6 Å². The van der Waals surface area contributed by atoms with Crippen LogP contribution in [-0.4, -0.2) is 36.8 Å². The van der Waals surface area contributed by atoms with Gasteiger partial charge in [-0.15, -0.1) is 0 Å². The van der Waals surface area contributed by atoms with Crippen LogP contribution in [0.3, 0.4) is 0 Å². The van der Waals surface area contributed by atoms with Crippen LogP contribution in [0.4, 0.5) is 5.69 Å². The number of nitrogens with zero attached hydrogens (tertiary/aromatic N) is 2. The minimum Gasteiger partial charge on any atom is -0.474 e. The summed E-state index contributed by atoms with van der Waals surface area (Å²) in [6.45, 7) is 7.01. The summed E-state index contributed by atoms with van der Waals surface area (Å²) >= 11 is 0. The molecule has 0 unspecified atom stereocenters. The maximum Gasteiger partial charge on any atom is 0.253 e. The highest BCUT2D eigenvalue weighted by Gasteiger charge is 2.25. The van der Waals surface area contributed by atoms with E-state index >= 15 is 0 Å². The largest absolute Gasteiger partial charge is 0.474 e. The van der Waals surface area contributed by atoms with Gasteiger partial charge in [-0.05, 0) is 32.4 Å². The van der Waals surface area contributed by atoms with Gasteiger partial charge in [-0.25, -0.2) is 4.98 Å². The molecule has 0 N–H and O–H groups in total. The van der Waals surface area contributed by atoms with Crippen LogP contribution in [0.2, 0.25) is 0 Å². The highest BCUT2D eigenvalue weighted by Crippen LogP contribution is 2.29. The molecule has 1 aromatic heterocycles. The number of carbonyl (C=O) groups is 1. The molecule has 0 aromatic carbocycles. The summed E-state index contributed by atoms with van der Waals surface area (Å²) in [4.78, 5) is 18.2. The molecule has 1 aliphatic heterocycles. The minimum absolute atomic E-state index is 0.0458. The molecule has 0 saturated carbocycles. The zero-order valence-corrected chi connectivity index (χ0v) is 11.7. The summed E-state index contributed by atoms with van der Waals surface area (Å²) in [7, 11) is 0. The highest BCUT2D eigenvalue weighted by molar-refractivity contribution is 5.95. The van der Waals surface area contributed by atoms with Crippen molar-refractivity contribution in [2.45, 2.75) is 33.3 Å². The SMILES string of the molecule is CC[C@@H](C)OCC(=O)N1CCOc2nc(C)ccc21. The zero-order chi connectivity index (χ0) is 13.8. The second kappa shape index (κ2) is 6.02.